The van der Waals surface area contributed by atoms with Gasteiger partial charge < -0.3 is 9.47 Å². The van der Waals surface area contributed by atoms with E-state index in [2.05, 4.69) is 37.0 Å². The number of hydrogen-bond acceptors (Lipinski definition) is 5. The molecular weight excluding hydrogens is 653 g/mol. The van der Waals surface area contributed by atoms with Crippen LogP contribution < -0.4 is 15.0 Å². The van der Waals surface area contributed by atoms with Gasteiger partial charge in [-0.1, -0.05) is 65.0 Å². The predicted octanol–water partition coefficient (Wildman–Crippen LogP) is 8.23. The van der Waals surface area contributed by atoms with Crippen molar-refractivity contribution in [1.82, 2.24) is 9.66 Å². The van der Waals surface area contributed by atoms with Crippen LogP contribution in [0.25, 0.3) is 10.9 Å². The van der Waals surface area contributed by atoms with Gasteiger partial charge in [0.25, 0.3) is 5.56 Å². The molecule has 1 aromatic heterocycles. The second-order valence-electron chi connectivity index (χ2n) is 9.33. The van der Waals surface area contributed by atoms with E-state index in [0.29, 0.717) is 38.1 Å². The van der Waals surface area contributed by atoms with Gasteiger partial charge in [-0.2, -0.15) is 9.78 Å². The summed E-state index contributed by atoms with van der Waals surface area (Å²) in [5.41, 5.74) is 1.38. The summed E-state index contributed by atoms with van der Waals surface area (Å²) in [5.74, 6) is 1.05. The van der Waals surface area contributed by atoms with Gasteiger partial charge in [-0.05, 0) is 59.1 Å². The van der Waals surface area contributed by atoms with Gasteiger partial charge in [-0.15, -0.1) is 0 Å². The van der Waals surface area contributed by atoms with Crippen molar-refractivity contribution in [2.75, 3.05) is 7.11 Å². The quantitative estimate of drug-likeness (QED) is 0.185. The first-order valence-corrected chi connectivity index (χ1v) is 14.5. The number of halogens is 4. The van der Waals surface area contributed by atoms with E-state index in [9.17, 15) is 9.18 Å². The molecule has 5 rings (SSSR count). The maximum atomic E-state index is 14.1. The molecule has 39 heavy (non-hydrogen) atoms. The number of nitrogens with zero attached hydrogens (tertiary/aromatic N) is 3. The Labute approximate surface area is 247 Å². The van der Waals surface area contributed by atoms with Crippen molar-refractivity contribution in [3.05, 3.63) is 95.6 Å². The van der Waals surface area contributed by atoms with Crippen LogP contribution in [-0.4, -0.2) is 23.0 Å². The normalized spacial score (nSPS) is 14.3. The predicted molar refractivity (Wildman–Crippen MR) is 159 cm³/mol. The molecule has 0 unspecified atom stereocenters. The summed E-state index contributed by atoms with van der Waals surface area (Å²) in [6.07, 6.45) is 6.84. The van der Waals surface area contributed by atoms with Crippen molar-refractivity contribution in [3.8, 4) is 11.5 Å². The zero-order chi connectivity index (χ0) is 27.5. The molecule has 4 aromatic rings. The van der Waals surface area contributed by atoms with Crippen LogP contribution in [0.3, 0.4) is 0 Å². The Morgan fingerprint density at radius 2 is 1.92 bits per heavy atom. The van der Waals surface area contributed by atoms with Crippen LogP contribution >= 0.6 is 43.5 Å². The summed E-state index contributed by atoms with van der Waals surface area (Å²) in [5, 5.41) is 5.33. The lowest BCUT2D eigenvalue weighted by Gasteiger charge is -2.22. The first-order chi connectivity index (χ1) is 18.9. The molecule has 1 aliphatic rings. The van der Waals surface area contributed by atoms with Crippen molar-refractivity contribution in [2.45, 2.75) is 44.6 Å². The Morgan fingerprint density at radius 3 is 2.67 bits per heavy atom. The molecular formula is C29H25Br2ClFN3O3. The largest absolute Gasteiger partial charge is 0.493 e. The van der Waals surface area contributed by atoms with E-state index in [-0.39, 0.29) is 34.7 Å². The molecule has 1 fully saturated rings. The lowest BCUT2D eigenvalue weighted by Crippen LogP contribution is -2.25. The Bertz CT molecular complexity index is 1620. The minimum absolute atomic E-state index is 0.0267. The topological polar surface area (TPSA) is 65.7 Å². The Morgan fingerprint density at radius 1 is 1.15 bits per heavy atom. The van der Waals surface area contributed by atoms with Crippen LogP contribution in [0.4, 0.5) is 4.39 Å². The Balaban J connectivity index is 1.54. The van der Waals surface area contributed by atoms with E-state index < -0.39 is 0 Å². The summed E-state index contributed by atoms with van der Waals surface area (Å²) >= 11 is 13.6. The highest BCUT2D eigenvalue weighted by atomic mass is 79.9. The second kappa shape index (κ2) is 12.2. The molecule has 10 heteroatoms. The zero-order valence-corrected chi connectivity index (χ0v) is 25.0. The molecule has 0 aliphatic heterocycles. The number of hydrogen-bond donors (Lipinski definition) is 0. The van der Waals surface area contributed by atoms with E-state index in [1.54, 1.807) is 36.5 Å². The maximum absolute atomic E-state index is 14.1. The molecule has 202 valence electrons. The molecule has 0 atom stereocenters. The summed E-state index contributed by atoms with van der Waals surface area (Å²) in [6, 6.07) is 13.6. The molecule has 6 nitrogen and oxygen atoms in total. The third-order valence-electron chi connectivity index (χ3n) is 6.82. The number of ether oxygens (including phenoxy) is 2. The molecule has 0 radical (unpaired) electrons. The fraction of sp³-hybridized carbons (Fsp3) is 0.276. The first kappa shape index (κ1) is 27.8. The fourth-order valence-electron chi connectivity index (χ4n) is 4.77. The van der Waals surface area contributed by atoms with E-state index >= 15 is 0 Å². The molecule has 1 aliphatic carbocycles. The van der Waals surface area contributed by atoms with Gasteiger partial charge in [-0.3, -0.25) is 4.79 Å². The molecule has 0 saturated heterocycles. The van der Waals surface area contributed by atoms with Crippen molar-refractivity contribution >= 4 is 60.6 Å². The average Bonchev–Trinajstić information content (AvgIpc) is 2.95. The Kier molecular flexibility index (Phi) is 8.69. The minimum atomic E-state index is -0.370. The van der Waals surface area contributed by atoms with E-state index in [0.717, 1.165) is 30.2 Å². The summed E-state index contributed by atoms with van der Waals surface area (Å²) in [4.78, 5) is 18.5. The molecule has 0 amide bonds. The lowest BCUT2D eigenvalue weighted by molar-refractivity contribution is 0.279. The highest BCUT2D eigenvalue weighted by molar-refractivity contribution is 9.10. The van der Waals surface area contributed by atoms with Gasteiger partial charge in [0.1, 0.15) is 23.3 Å². The lowest BCUT2D eigenvalue weighted by atomic mass is 9.88. The number of methoxy groups -OCH3 is 1. The standard InChI is InChI=1S/C29H25Br2ClFN3O3/c1-38-24-13-19(25(31)26(32)27(24)39-16-18-9-5-6-10-22(18)33)15-34-36-28(17-7-3-2-4-8-17)35-23-12-11-20(30)14-21(23)29(36)37/h5-6,9-15,17H,2-4,7-8,16H2,1H3. The van der Waals surface area contributed by atoms with Crippen molar-refractivity contribution in [2.24, 2.45) is 5.10 Å². The molecule has 0 spiro atoms. The van der Waals surface area contributed by atoms with Crippen LogP contribution in [0.5, 0.6) is 11.5 Å². The second-order valence-corrected chi connectivity index (χ2v) is 11.4. The van der Waals surface area contributed by atoms with E-state index in [1.165, 1.54) is 24.3 Å². The molecule has 1 saturated carbocycles. The maximum Gasteiger partial charge on any atom is 0.282 e. The first-order valence-electron chi connectivity index (χ1n) is 12.6. The zero-order valence-electron chi connectivity index (χ0n) is 21.1. The van der Waals surface area contributed by atoms with Crippen molar-refractivity contribution in [1.29, 1.82) is 0 Å². The van der Waals surface area contributed by atoms with Crippen LogP contribution in [-0.2, 0) is 6.61 Å². The van der Waals surface area contributed by atoms with Crippen LogP contribution in [0, 0.1) is 5.82 Å². The van der Waals surface area contributed by atoms with E-state index in [1.807, 2.05) is 12.1 Å². The average molecular weight is 678 g/mol. The number of benzene rings is 3. The number of fused-ring (bicyclic) bond motifs is 1. The third kappa shape index (κ3) is 5.90. The molecule has 3 aromatic carbocycles. The van der Waals surface area contributed by atoms with Gasteiger partial charge >= 0.3 is 0 Å². The molecule has 0 N–H and O–H groups in total. The monoisotopic (exact) mass is 675 g/mol. The fourth-order valence-corrected chi connectivity index (χ4v) is 5.79. The Hall–Kier alpha value is -2.75. The van der Waals surface area contributed by atoms with Crippen LogP contribution in [0.1, 0.15) is 55.0 Å². The summed E-state index contributed by atoms with van der Waals surface area (Å²) in [6.45, 7) is -0.0267. The van der Waals surface area contributed by atoms with Gasteiger partial charge in [0, 0.05) is 26.0 Å². The van der Waals surface area contributed by atoms with Crippen molar-refractivity contribution < 1.29 is 13.9 Å². The van der Waals surface area contributed by atoms with Gasteiger partial charge in [0.15, 0.2) is 11.5 Å². The van der Waals surface area contributed by atoms with Crippen LogP contribution in [0.2, 0.25) is 5.02 Å². The van der Waals surface area contributed by atoms with Gasteiger partial charge in [0.2, 0.25) is 0 Å². The number of aromatic nitrogens is 2. The van der Waals surface area contributed by atoms with Gasteiger partial charge in [-0.25, -0.2) is 9.37 Å². The molecule has 1 heterocycles. The SMILES string of the molecule is COc1cc(C=Nn2c(C3CCCCC3)nc3ccc(Br)cc3c2=O)c(Br)c(Cl)c1OCc1ccccc1F. The van der Waals surface area contributed by atoms with Crippen LogP contribution in [0.15, 0.2) is 67.4 Å². The number of rotatable bonds is 7. The third-order valence-corrected chi connectivity index (χ3v) is 8.76. The highest BCUT2D eigenvalue weighted by Gasteiger charge is 2.23. The highest BCUT2D eigenvalue weighted by Crippen LogP contribution is 2.42. The minimum Gasteiger partial charge on any atom is -0.493 e. The smallest absolute Gasteiger partial charge is 0.282 e. The van der Waals surface area contributed by atoms with E-state index in [4.69, 9.17) is 26.1 Å². The van der Waals surface area contributed by atoms with Crippen molar-refractivity contribution in [3.63, 3.8) is 0 Å². The van der Waals surface area contributed by atoms with Gasteiger partial charge in [0.05, 0.1) is 24.2 Å². The summed E-state index contributed by atoms with van der Waals surface area (Å²) < 4.78 is 28.2. The summed E-state index contributed by atoms with van der Waals surface area (Å²) in [7, 11) is 1.49. The molecule has 0 bridgehead atoms.